The van der Waals surface area contributed by atoms with Gasteiger partial charge in [-0.3, -0.25) is 14.4 Å². The molecule has 10 nitrogen and oxygen atoms in total. The van der Waals surface area contributed by atoms with Crippen LogP contribution in [0.15, 0.2) is 24.3 Å². The van der Waals surface area contributed by atoms with Gasteiger partial charge in [-0.2, -0.15) is 17.0 Å². The average molecular weight is 478 g/mol. The van der Waals surface area contributed by atoms with Crippen molar-refractivity contribution in [3.63, 3.8) is 0 Å². The molecule has 0 bridgehead atoms. The summed E-state index contributed by atoms with van der Waals surface area (Å²) in [5.41, 5.74) is 0.846. The van der Waals surface area contributed by atoms with Gasteiger partial charge in [0.1, 0.15) is 6.04 Å². The van der Waals surface area contributed by atoms with Crippen LogP contribution in [0.5, 0.6) is 0 Å². The number of hydrogen-bond donors (Lipinski definition) is 2. The number of nitrogens with zero attached hydrogens (tertiary/aromatic N) is 3. The van der Waals surface area contributed by atoms with E-state index in [9.17, 15) is 22.8 Å². The Kier molecular flexibility index (Phi) is 7.30. The first-order valence-corrected chi connectivity index (χ1v) is 13.0. The van der Waals surface area contributed by atoms with Crippen LogP contribution in [-0.2, 0) is 19.8 Å². The van der Waals surface area contributed by atoms with Gasteiger partial charge in [0, 0.05) is 45.7 Å². The molecule has 1 atom stereocenters. The zero-order valence-corrected chi connectivity index (χ0v) is 19.5. The fourth-order valence-corrected chi connectivity index (χ4v) is 6.29. The van der Waals surface area contributed by atoms with E-state index < -0.39 is 16.3 Å². The summed E-state index contributed by atoms with van der Waals surface area (Å²) in [6, 6.07) is 5.96. The van der Waals surface area contributed by atoms with Gasteiger partial charge in [-0.1, -0.05) is 18.6 Å². The molecule has 0 saturated carbocycles. The second kappa shape index (κ2) is 10.2. The normalized spacial score (nSPS) is 23.2. The lowest BCUT2D eigenvalue weighted by Gasteiger charge is -2.31. The average Bonchev–Trinajstić information content (AvgIpc) is 3.14. The van der Waals surface area contributed by atoms with E-state index in [2.05, 4.69) is 10.6 Å². The van der Waals surface area contributed by atoms with Crippen LogP contribution in [0.2, 0.25) is 0 Å². The van der Waals surface area contributed by atoms with Gasteiger partial charge in [0.25, 0.3) is 16.1 Å². The maximum absolute atomic E-state index is 13.0. The van der Waals surface area contributed by atoms with Crippen LogP contribution in [0.3, 0.4) is 0 Å². The third kappa shape index (κ3) is 5.36. The van der Waals surface area contributed by atoms with Gasteiger partial charge >= 0.3 is 0 Å². The minimum absolute atomic E-state index is 0.0909. The molecule has 11 heteroatoms. The zero-order valence-electron chi connectivity index (χ0n) is 18.7. The molecule has 1 aromatic carbocycles. The van der Waals surface area contributed by atoms with Crippen molar-refractivity contribution in [2.75, 3.05) is 44.6 Å². The number of carbonyl (C=O) groups excluding carboxylic acids is 3. The van der Waals surface area contributed by atoms with Crippen molar-refractivity contribution in [1.29, 1.82) is 0 Å². The highest BCUT2D eigenvalue weighted by atomic mass is 32.2. The summed E-state index contributed by atoms with van der Waals surface area (Å²) in [6.45, 7) is 2.56. The monoisotopic (exact) mass is 477 g/mol. The Morgan fingerprint density at radius 2 is 1.61 bits per heavy atom. The first kappa shape index (κ1) is 23.7. The van der Waals surface area contributed by atoms with Crippen molar-refractivity contribution in [2.24, 2.45) is 0 Å². The molecule has 3 aliphatic heterocycles. The van der Waals surface area contributed by atoms with Crippen molar-refractivity contribution in [2.45, 2.75) is 44.6 Å². The molecule has 33 heavy (non-hydrogen) atoms. The number of nitrogens with one attached hydrogen (secondary N) is 2. The molecular weight excluding hydrogens is 446 g/mol. The summed E-state index contributed by atoms with van der Waals surface area (Å²) in [5.74, 6) is -0.846. The summed E-state index contributed by atoms with van der Waals surface area (Å²) in [4.78, 5) is 39.5. The third-order valence-corrected chi connectivity index (χ3v) is 8.51. The predicted octanol–water partition coefficient (Wildman–Crippen LogP) is 0.782. The summed E-state index contributed by atoms with van der Waals surface area (Å²) in [6.07, 6.45) is 3.65. The van der Waals surface area contributed by atoms with E-state index in [1.54, 1.807) is 33.5 Å². The highest BCUT2D eigenvalue weighted by Gasteiger charge is 2.33. The molecule has 2 fully saturated rings. The van der Waals surface area contributed by atoms with E-state index in [4.69, 9.17) is 0 Å². The van der Waals surface area contributed by atoms with E-state index in [1.165, 1.54) is 4.31 Å². The van der Waals surface area contributed by atoms with Crippen LogP contribution in [0, 0.1) is 0 Å². The molecule has 3 heterocycles. The van der Waals surface area contributed by atoms with Crippen molar-refractivity contribution in [1.82, 2.24) is 18.8 Å². The van der Waals surface area contributed by atoms with E-state index >= 15 is 0 Å². The van der Waals surface area contributed by atoms with Crippen LogP contribution in [-0.4, -0.2) is 85.0 Å². The molecule has 0 spiro atoms. The van der Waals surface area contributed by atoms with Gasteiger partial charge in [0.2, 0.25) is 11.8 Å². The van der Waals surface area contributed by atoms with E-state index in [0.29, 0.717) is 50.4 Å². The molecule has 0 radical (unpaired) electrons. The Bertz CT molecular complexity index is 1010. The molecular formula is C22H31N5O5S. The molecule has 3 aliphatic rings. The van der Waals surface area contributed by atoms with Gasteiger partial charge < -0.3 is 15.5 Å². The molecule has 2 N–H and O–H groups in total. The van der Waals surface area contributed by atoms with Crippen molar-refractivity contribution in [3.05, 3.63) is 29.8 Å². The number of piperidine rings is 1. The first-order chi connectivity index (χ1) is 15.9. The highest BCUT2D eigenvalue weighted by molar-refractivity contribution is 7.86. The summed E-state index contributed by atoms with van der Waals surface area (Å²) in [5, 5.41) is 5.45. The van der Waals surface area contributed by atoms with Gasteiger partial charge in [-0.25, -0.2) is 0 Å². The Balaban J connectivity index is 1.31. The second-order valence-electron chi connectivity index (χ2n) is 8.70. The van der Waals surface area contributed by atoms with Crippen LogP contribution in [0.25, 0.3) is 0 Å². The fourth-order valence-electron chi connectivity index (χ4n) is 4.57. The van der Waals surface area contributed by atoms with Gasteiger partial charge in [-0.05, 0) is 37.8 Å². The van der Waals surface area contributed by atoms with Gasteiger partial charge in [0.15, 0.2) is 0 Å². The van der Waals surface area contributed by atoms with Crippen molar-refractivity contribution in [3.8, 4) is 0 Å². The van der Waals surface area contributed by atoms with Crippen LogP contribution in [0.4, 0.5) is 5.69 Å². The molecule has 1 aromatic rings. The fraction of sp³-hybridized carbons (Fsp3) is 0.591. The maximum atomic E-state index is 13.0. The Hall–Kier alpha value is -2.50. The molecule has 0 aliphatic carbocycles. The molecule has 3 amide bonds. The van der Waals surface area contributed by atoms with Crippen LogP contribution >= 0.6 is 0 Å². The molecule has 4 rings (SSSR count). The number of fused-ring (bicyclic) bond motifs is 1. The first-order valence-electron chi connectivity index (χ1n) is 11.6. The van der Waals surface area contributed by atoms with Gasteiger partial charge in [0.05, 0.1) is 11.3 Å². The van der Waals surface area contributed by atoms with E-state index in [-0.39, 0.29) is 37.1 Å². The van der Waals surface area contributed by atoms with Crippen molar-refractivity contribution >= 4 is 33.6 Å². The van der Waals surface area contributed by atoms with Gasteiger partial charge in [-0.15, -0.1) is 0 Å². The topological polar surface area (TPSA) is 119 Å². The maximum Gasteiger partial charge on any atom is 0.282 e. The molecule has 180 valence electrons. The third-order valence-electron chi connectivity index (χ3n) is 6.47. The standard InChI is InChI=1S/C22H31N5O5S/c28-20(10-9-19-22(30)23-18-8-3-2-7-17(18)21(29)24-19)25-11-6-14-27(16-15-25)33(31,32)26-12-4-1-5-13-26/h2-3,7-8,19H,1,4-6,9-16H2,(H,23,30)(H,24,29)/t19-/m0/s1. The lowest BCUT2D eigenvalue weighted by atomic mass is 10.1. The summed E-state index contributed by atoms with van der Waals surface area (Å²) < 4.78 is 29.0. The summed E-state index contributed by atoms with van der Waals surface area (Å²) in [7, 11) is -3.50. The lowest BCUT2D eigenvalue weighted by Crippen LogP contribution is -2.47. The molecule has 0 aromatic heterocycles. The smallest absolute Gasteiger partial charge is 0.282 e. The zero-order chi connectivity index (χ0) is 23.4. The number of carbonyl (C=O) groups is 3. The minimum atomic E-state index is -3.50. The lowest BCUT2D eigenvalue weighted by molar-refractivity contribution is -0.131. The number of anilines is 1. The second-order valence-corrected chi connectivity index (χ2v) is 10.6. The van der Waals surface area contributed by atoms with E-state index in [1.807, 2.05) is 0 Å². The number of hydrogen-bond acceptors (Lipinski definition) is 5. The Labute approximate surface area is 194 Å². The number of para-hydroxylation sites is 1. The van der Waals surface area contributed by atoms with E-state index in [0.717, 1.165) is 19.3 Å². The molecule has 0 unspecified atom stereocenters. The highest BCUT2D eigenvalue weighted by Crippen LogP contribution is 2.21. The molecule has 2 saturated heterocycles. The number of benzene rings is 1. The SMILES string of the molecule is O=C1N[C@@H](CCC(=O)N2CCCN(S(=O)(=O)N3CCCCC3)CC2)C(=O)Nc2ccccc21. The number of rotatable bonds is 5. The predicted molar refractivity (Wildman–Crippen MR) is 123 cm³/mol. The number of amides is 3. The largest absolute Gasteiger partial charge is 0.341 e. The Morgan fingerprint density at radius 1 is 0.909 bits per heavy atom. The quantitative estimate of drug-likeness (QED) is 0.650. The van der Waals surface area contributed by atoms with Crippen molar-refractivity contribution < 1.29 is 22.8 Å². The summed E-state index contributed by atoms with van der Waals surface area (Å²) >= 11 is 0. The minimum Gasteiger partial charge on any atom is -0.341 e. The van der Waals surface area contributed by atoms with Crippen LogP contribution in [0.1, 0.15) is 48.9 Å². The Morgan fingerprint density at radius 3 is 2.39 bits per heavy atom. The van der Waals surface area contributed by atoms with Crippen LogP contribution < -0.4 is 10.6 Å².